The molecule has 2 aromatic carbocycles. The van der Waals surface area contributed by atoms with Gasteiger partial charge in [-0.1, -0.05) is 35.3 Å². The summed E-state index contributed by atoms with van der Waals surface area (Å²) in [6.45, 7) is 1.52. The third-order valence-corrected chi connectivity index (χ3v) is 5.10. The van der Waals surface area contributed by atoms with Crippen LogP contribution in [0.2, 0.25) is 10.0 Å². The van der Waals surface area contributed by atoms with Gasteiger partial charge in [0.05, 0.1) is 11.2 Å². The van der Waals surface area contributed by atoms with E-state index in [1.165, 1.54) is 0 Å². The molecule has 0 aliphatic carbocycles. The number of piperidine rings is 1. The number of hydrogen-bond donors (Lipinski definition) is 0. The van der Waals surface area contributed by atoms with Crippen LogP contribution in [0, 0.1) is 0 Å². The minimum atomic E-state index is -0.114. The van der Waals surface area contributed by atoms with Crippen LogP contribution < -0.4 is 0 Å². The van der Waals surface area contributed by atoms with Gasteiger partial charge in [0.1, 0.15) is 0 Å². The van der Waals surface area contributed by atoms with Crippen molar-refractivity contribution >= 4 is 40.0 Å². The molecule has 0 radical (unpaired) electrons. The standard InChI is InChI=1S/C20H17Cl2N3O/c21-14-6-4-13(5-7-14)18-16-12-15(22)8-9-17(16)23-19(24-18)20(26)25-10-2-1-3-11-25/h4-9,12H,1-3,10-11H2. The Morgan fingerprint density at radius 1 is 0.885 bits per heavy atom. The molecule has 2 heterocycles. The Hall–Kier alpha value is -2.17. The lowest BCUT2D eigenvalue weighted by atomic mass is 10.1. The van der Waals surface area contributed by atoms with Crippen molar-refractivity contribution in [3.63, 3.8) is 0 Å². The first-order chi connectivity index (χ1) is 12.6. The minimum Gasteiger partial charge on any atom is -0.336 e. The molecule has 1 aliphatic rings. The summed E-state index contributed by atoms with van der Waals surface area (Å²) in [6.07, 6.45) is 3.22. The molecule has 4 nitrogen and oxygen atoms in total. The molecule has 0 N–H and O–H groups in total. The molecule has 0 saturated carbocycles. The number of fused-ring (bicyclic) bond motifs is 1. The zero-order chi connectivity index (χ0) is 18.1. The largest absolute Gasteiger partial charge is 0.336 e. The van der Waals surface area contributed by atoms with E-state index < -0.39 is 0 Å². The third-order valence-electron chi connectivity index (χ3n) is 4.61. The predicted molar refractivity (Wildman–Crippen MR) is 105 cm³/mol. The molecule has 0 atom stereocenters. The van der Waals surface area contributed by atoms with Crippen molar-refractivity contribution in [2.75, 3.05) is 13.1 Å². The zero-order valence-corrected chi connectivity index (χ0v) is 15.6. The summed E-state index contributed by atoms with van der Waals surface area (Å²) in [5.74, 6) is 0.114. The fraction of sp³-hybridized carbons (Fsp3) is 0.250. The number of benzene rings is 2. The highest BCUT2D eigenvalue weighted by atomic mass is 35.5. The van der Waals surface area contributed by atoms with E-state index >= 15 is 0 Å². The molecule has 132 valence electrons. The van der Waals surface area contributed by atoms with Gasteiger partial charge in [-0.15, -0.1) is 0 Å². The van der Waals surface area contributed by atoms with Gasteiger partial charge in [-0.25, -0.2) is 9.97 Å². The number of hydrogen-bond acceptors (Lipinski definition) is 3. The molecule has 1 amide bonds. The van der Waals surface area contributed by atoms with E-state index in [-0.39, 0.29) is 11.7 Å². The molecule has 4 rings (SSSR count). The van der Waals surface area contributed by atoms with Crippen molar-refractivity contribution in [2.24, 2.45) is 0 Å². The topological polar surface area (TPSA) is 46.1 Å². The Labute approximate surface area is 161 Å². The molecule has 3 aromatic rings. The van der Waals surface area contributed by atoms with Crippen LogP contribution in [0.1, 0.15) is 29.9 Å². The summed E-state index contributed by atoms with van der Waals surface area (Å²) >= 11 is 12.2. The zero-order valence-electron chi connectivity index (χ0n) is 14.1. The minimum absolute atomic E-state index is 0.114. The van der Waals surface area contributed by atoms with Gasteiger partial charge in [-0.2, -0.15) is 0 Å². The van der Waals surface area contributed by atoms with E-state index in [4.69, 9.17) is 23.2 Å². The predicted octanol–water partition coefficient (Wildman–Crippen LogP) is 5.23. The van der Waals surface area contributed by atoms with Crippen molar-refractivity contribution in [1.82, 2.24) is 14.9 Å². The number of nitrogens with zero attached hydrogens (tertiary/aromatic N) is 3. The number of amides is 1. The highest BCUT2D eigenvalue weighted by Crippen LogP contribution is 2.29. The van der Waals surface area contributed by atoms with Gasteiger partial charge in [0, 0.05) is 34.1 Å². The number of carbonyl (C=O) groups excluding carboxylic acids is 1. The van der Waals surface area contributed by atoms with E-state index in [0.29, 0.717) is 21.3 Å². The second kappa shape index (κ2) is 7.22. The first kappa shape index (κ1) is 17.3. The average molecular weight is 386 g/mol. The Morgan fingerprint density at radius 2 is 1.58 bits per heavy atom. The Bertz CT molecular complexity index is 967. The summed E-state index contributed by atoms with van der Waals surface area (Å²) in [5, 5.41) is 2.07. The Morgan fingerprint density at radius 3 is 2.31 bits per heavy atom. The van der Waals surface area contributed by atoms with Gasteiger partial charge in [-0.3, -0.25) is 4.79 Å². The van der Waals surface area contributed by atoms with Crippen molar-refractivity contribution in [1.29, 1.82) is 0 Å². The van der Waals surface area contributed by atoms with Gasteiger partial charge in [0.15, 0.2) is 0 Å². The van der Waals surface area contributed by atoms with Gasteiger partial charge in [0.25, 0.3) is 5.91 Å². The molecule has 26 heavy (non-hydrogen) atoms. The van der Waals surface area contributed by atoms with Crippen LogP contribution in [0.15, 0.2) is 42.5 Å². The van der Waals surface area contributed by atoms with E-state index in [1.54, 1.807) is 6.07 Å². The lowest BCUT2D eigenvalue weighted by Crippen LogP contribution is -2.36. The number of carbonyl (C=O) groups is 1. The maximum atomic E-state index is 12.9. The fourth-order valence-electron chi connectivity index (χ4n) is 3.26. The summed E-state index contributed by atoms with van der Waals surface area (Å²) in [4.78, 5) is 23.9. The van der Waals surface area contributed by atoms with Crippen molar-refractivity contribution in [3.8, 4) is 11.3 Å². The van der Waals surface area contributed by atoms with Crippen LogP contribution in [0.5, 0.6) is 0 Å². The summed E-state index contributed by atoms with van der Waals surface area (Å²) < 4.78 is 0. The number of aromatic nitrogens is 2. The van der Waals surface area contributed by atoms with Crippen LogP contribution in [-0.2, 0) is 0 Å². The normalized spacial score (nSPS) is 14.6. The first-order valence-corrected chi connectivity index (χ1v) is 9.40. The third kappa shape index (κ3) is 3.39. The van der Waals surface area contributed by atoms with Crippen molar-refractivity contribution in [2.45, 2.75) is 19.3 Å². The molecular formula is C20H17Cl2N3O. The van der Waals surface area contributed by atoms with Crippen LogP contribution in [0.25, 0.3) is 22.2 Å². The van der Waals surface area contributed by atoms with E-state index in [9.17, 15) is 4.79 Å². The van der Waals surface area contributed by atoms with Crippen LogP contribution in [0.3, 0.4) is 0 Å². The molecule has 0 spiro atoms. The Balaban J connectivity index is 1.86. The highest BCUT2D eigenvalue weighted by molar-refractivity contribution is 6.31. The van der Waals surface area contributed by atoms with E-state index in [2.05, 4.69) is 9.97 Å². The molecular weight excluding hydrogens is 369 g/mol. The molecule has 1 aliphatic heterocycles. The number of likely N-dealkylation sites (tertiary alicyclic amines) is 1. The van der Waals surface area contributed by atoms with Crippen LogP contribution >= 0.6 is 23.2 Å². The second-order valence-corrected chi connectivity index (χ2v) is 7.29. The van der Waals surface area contributed by atoms with Gasteiger partial charge in [0.2, 0.25) is 5.82 Å². The van der Waals surface area contributed by atoms with Gasteiger partial charge >= 0.3 is 0 Å². The maximum absolute atomic E-state index is 12.9. The van der Waals surface area contributed by atoms with Crippen LogP contribution in [-0.4, -0.2) is 33.9 Å². The van der Waals surface area contributed by atoms with Crippen LogP contribution in [0.4, 0.5) is 0 Å². The molecule has 1 aromatic heterocycles. The fourth-order valence-corrected chi connectivity index (χ4v) is 3.56. The first-order valence-electron chi connectivity index (χ1n) is 8.64. The smallest absolute Gasteiger partial charge is 0.291 e. The molecule has 6 heteroatoms. The van der Waals surface area contributed by atoms with Gasteiger partial charge in [-0.05, 0) is 49.6 Å². The summed E-state index contributed by atoms with van der Waals surface area (Å²) in [5.41, 5.74) is 2.26. The highest BCUT2D eigenvalue weighted by Gasteiger charge is 2.22. The van der Waals surface area contributed by atoms with E-state index in [0.717, 1.165) is 43.3 Å². The summed E-state index contributed by atoms with van der Waals surface area (Å²) in [6, 6.07) is 12.8. The SMILES string of the molecule is O=C(c1nc(-c2ccc(Cl)cc2)c2cc(Cl)ccc2n1)N1CCCCC1. The summed E-state index contributed by atoms with van der Waals surface area (Å²) in [7, 11) is 0. The van der Waals surface area contributed by atoms with Crippen molar-refractivity contribution < 1.29 is 4.79 Å². The Kier molecular flexibility index (Phi) is 4.79. The lowest BCUT2D eigenvalue weighted by Gasteiger charge is -2.26. The molecule has 0 unspecified atom stereocenters. The molecule has 0 bridgehead atoms. The van der Waals surface area contributed by atoms with Crippen molar-refractivity contribution in [3.05, 3.63) is 58.3 Å². The van der Waals surface area contributed by atoms with E-state index in [1.807, 2.05) is 41.3 Å². The monoisotopic (exact) mass is 385 g/mol. The lowest BCUT2D eigenvalue weighted by molar-refractivity contribution is 0.0712. The maximum Gasteiger partial charge on any atom is 0.291 e. The van der Waals surface area contributed by atoms with Gasteiger partial charge < -0.3 is 4.90 Å². The average Bonchev–Trinajstić information content (AvgIpc) is 2.68. The quantitative estimate of drug-likeness (QED) is 0.606. The second-order valence-electron chi connectivity index (χ2n) is 6.42. The molecule has 1 fully saturated rings. The number of halogens is 2. The molecule has 1 saturated heterocycles. The number of rotatable bonds is 2.